The molecule has 0 atom stereocenters. The molecule has 0 saturated carbocycles. The number of amides is 1. The molecule has 7 heteroatoms. The zero-order valence-electron chi connectivity index (χ0n) is 16.8. The van der Waals surface area contributed by atoms with Crippen molar-refractivity contribution >= 4 is 35.1 Å². The quantitative estimate of drug-likeness (QED) is 0.482. The van der Waals surface area contributed by atoms with Crippen LogP contribution in [0.3, 0.4) is 0 Å². The fourth-order valence-electron chi connectivity index (χ4n) is 3.89. The van der Waals surface area contributed by atoms with Crippen LogP contribution in [0.15, 0.2) is 66.7 Å². The van der Waals surface area contributed by atoms with Gasteiger partial charge >= 0.3 is 11.9 Å². The van der Waals surface area contributed by atoms with Crippen molar-refractivity contribution in [1.82, 2.24) is 0 Å². The third-order valence-electron chi connectivity index (χ3n) is 5.07. The standard InChI is InChI=1S/C24H18ClNO5/c1-14(27)30-19-8-3-16(4-9-19)24(17-5-10-20(11-6-17)31-15(2)28)21-13-18(25)7-12-22(21)26-23(24)29/h3-13H,1-2H3,(H,26,29). The Morgan fingerprint density at radius 3 is 1.74 bits per heavy atom. The van der Waals surface area contributed by atoms with Gasteiger partial charge in [0.1, 0.15) is 16.9 Å². The number of anilines is 1. The summed E-state index contributed by atoms with van der Waals surface area (Å²) >= 11 is 6.28. The second kappa shape index (κ2) is 7.89. The molecule has 1 aliphatic heterocycles. The van der Waals surface area contributed by atoms with E-state index in [9.17, 15) is 14.4 Å². The summed E-state index contributed by atoms with van der Waals surface area (Å²) in [5.41, 5.74) is 1.50. The second-order valence-electron chi connectivity index (χ2n) is 7.13. The summed E-state index contributed by atoms with van der Waals surface area (Å²) in [6.07, 6.45) is 0. The highest BCUT2D eigenvalue weighted by Crippen LogP contribution is 2.48. The van der Waals surface area contributed by atoms with Crippen LogP contribution in [-0.2, 0) is 19.8 Å². The minimum absolute atomic E-state index is 0.245. The first-order valence-corrected chi connectivity index (χ1v) is 9.88. The highest BCUT2D eigenvalue weighted by atomic mass is 35.5. The van der Waals surface area contributed by atoms with Crippen LogP contribution in [0.5, 0.6) is 11.5 Å². The molecule has 0 bridgehead atoms. The maximum atomic E-state index is 13.5. The number of rotatable bonds is 4. The molecule has 3 aromatic rings. The Labute approximate surface area is 183 Å². The Hall–Kier alpha value is -3.64. The lowest BCUT2D eigenvalue weighted by molar-refractivity contribution is -0.132. The molecular formula is C24H18ClNO5. The minimum Gasteiger partial charge on any atom is -0.427 e. The van der Waals surface area contributed by atoms with Gasteiger partial charge in [0.15, 0.2) is 0 Å². The van der Waals surface area contributed by atoms with Crippen molar-refractivity contribution in [3.8, 4) is 11.5 Å². The van der Waals surface area contributed by atoms with Gasteiger partial charge in [-0.15, -0.1) is 0 Å². The van der Waals surface area contributed by atoms with Gasteiger partial charge in [-0.2, -0.15) is 0 Å². The topological polar surface area (TPSA) is 81.7 Å². The van der Waals surface area contributed by atoms with Gasteiger partial charge in [0, 0.05) is 30.1 Å². The maximum Gasteiger partial charge on any atom is 0.308 e. The molecule has 6 nitrogen and oxygen atoms in total. The van der Waals surface area contributed by atoms with Gasteiger partial charge in [0.2, 0.25) is 5.91 Å². The molecule has 1 aliphatic rings. The van der Waals surface area contributed by atoms with Gasteiger partial charge in [-0.25, -0.2) is 0 Å². The zero-order valence-corrected chi connectivity index (χ0v) is 17.5. The summed E-state index contributed by atoms with van der Waals surface area (Å²) in [5, 5.41) is 3.43. The van der Waals surface area contributed by atoms with Crippen LogP contribution in [0.1, 0.15) is 30.5 Å². The fourth-order valence-corrected chi connectivity index (χ4v) is 4.06. The first-order chi connectivity index (χ1) is 14.8. The lowest BCUT2D eigenvalue weighted by Crippen LogP contribution is -2.37. The van der Waals surface area contributed by atoms with Crippen molar-refractivity contribution in [3.63, 3.8) is 0 Å². The van der Waals surface area contributed by atoms with Crippen LogP contribution in [0.25, 0.3) is 0 Å². The van der Waals surface area contributed by atoms with Crippen molar-refractivity contribution in [1.29, 1.82) is 0 Å². The van der Waals surface area contributed by atoms with Crippen LogP contribution >= 0.6 is 11.6 Å². The Balaban J connectivity index is 1.91. The normalized spacial score (nSPS) is 13.8. The van der Waals surface area contributed by atoms with Gasteiger partial charge in [0.05, 0.1) is 0 Å². The van der Waals surface area contributed by atoms with Gasteiger partial charge < -0.3 is 14.8 Å². The molecule has 1 N–H and O–H groups in total. The molecule has 31 heavy (non-hydrogen) atoms. The summed E-state index contributed by atoms with van der Waals surface area (Å²) in [4.78, 5) is 36.0. The summed E-state index contributed by atoms with van der Waals surface area (Å²) in [7, 11) is 0. The van der Waals surface area contributed by atoms with E-state index >= 15 is 0 Å². The van der Waals surface area contributed by atoms with E-state index in [1.807, 2.05) is 0 Å². The number of fused-ring (bicyclic) bond motifs is 1. The van der Waals surface area contributed by atoms with Crippen molar-refractivity contribution in [2.45, 2.75) is 19.3 Å². The van der Waals surface area contributed by atoms with Crippen LogP contribution < -0.4 is 14.8 Å². The highest BCUT2D eigenvalue weighted by Gasteiger charge is 2.49. The lowest BCUT2D eigenvalue weighted by atomic mass is 9.70. The summed E-state index contributed by atoms with van der Waals surface area (Å²) < 4.78 is 10.3. The molecular weight excluding hydrogens is 418 g/mol. The molecule has 0 radical (unpaired) electrons. The number of halogens is 1. The fraction of sp³-hybridized carbons (Fsp3) is 0.125. The van der Waals surface area contributed by atoms with Crippen LogP contribution in [0.2, 0.25) is 5.02 Å². The number of carbonyl (C=O) groups is 3. The summed E-state index contributed by atoms with van der Waals surface area (Å²) in [5.74, 6) is -0.355. The van der Waals surface area contributed by atoms with E-state index in [1.165, 1.54) is 13.8 Å². The smallest absolute Gasteiger partial charge is 0.308 e. The number of carbonyl (C=O) groups excluding carboxylic acids is 3. The van der Waals surface area contributed by atoms with E-state index < -0.39 is 17.4 Å². The Morgan fingerprint density at radius 1 is 0.806 bits per heavy atom. The van der Waals surface area contributed by atoms with E-state index in [2.05, 4.69) is 5.32 Å². The Morgan fingerprint density at radius 2 is 1.29 bits per heavy atom. The van der Waals surface area contributed by atoms with E-state index in [4.69, 9.17) is 21.1 Å². The molecule has 0 aliphatic carbocycles. The van der Waals surface area contributed by atoms with E-state index in [-0.39, 0.29) is 5.91 Å². The van der Waals surface area contributed by atoms with Gasteiger partial charge in [-0.3, -0.25) is 14.4 Å². The average molecular weight is 436 g/mol. The summed E-state index contributed by atoms with van der Waals surface area (Å²) in [6, 6.07) is 18.8. The summed E-state index contributed by atoms with van der Waals surface area (Å²) in [6.45, 7) is 2.64. The predicted octanol–water partition coefficient (Wildman–Crippen LogP) is 4.48. The Bertz CT molecular complexity index is 1130. The number of hydrogen-bond acceptors (Lipinski definition) is 5. The molecule has 1 heterocycles. The SMILES string of the molecule is CC(=O)Oc1ccc(C2(c3ccc(OC(C)=O)cc3)C(=O)Nc3ccc(Cl)cc32)cc1. The van der Waals surface area contributed by atoms with Crippen molar-refractivity contribution in [3.05, 3.63) is 88.4 Å². The molecule has 0 unspecified atom stereocenters. The number of nitrogens with one attached hydrogen (secondary N) is 1. The average Bonchev–Trinajstić information content (AvgIpc) is 3.00. The zero-order chi connectivity index (χ0) is 22.2. The number of benzene rings is 3. The predicted molar refractivity (Wildman–Crippen MR) is 115 cm³/mol. The lowest BCUT2D eigenvalue weighted by Gasteiger charge is -2.29. The molecule has 0 aromatic heterocycles. The molecule has 0 fully saturated rings. The third kappa shape index (κ3) is 3.66. The first kappa shape index (κ1) is 20.6. The van der Waals surface area contributed by atoms with Gasteiger partial charge in [-0.05, 0) is 53.6 Å². The van der Waals surface area contributed by atoms with Gasteiger partial charge in [0.25, 0.3) is 0 Å². The number of hydrogen-bond donors (Lipinski definition) is 1. The number of ether oxygens (including phenoxy) is 2. The number of esters is 2. The molecule has 0 spiro atoms. The highest BCUT2D eigenvalue weighted by molar-refractivity contribution is 6.31. The molecule has 0 saturated heterocycles. The van der Waals surface area contributed by atoms with Crippen molar-refractivity contribution in [2.75, 3.05) is 5.32 Å². The Kier molecular flexibility index (Phi) is 5.25. The third-order valence-corrected chi connectivity index (χ3v) is 5.31. The molecule has 4 rings (SSSR count). The van der Waals surface area contributed by atoms with Crippen LogP contribution in [-0.4, -0.2) is 17.8 Å². The first-order valence-electron chi connectivity index (χ1n) is 9.50. The largest absolute Gasteiger partial charge is 0.427 e. The second-order valence-corrected chi connectivity index (χ2v) is 7.57. The molecule has 156 valence electrons. The monoisotopic (exact) mass is 435 g/mol. The van der Waals surface area contributed by atoms with Crippen molar-refractivity contribution < 1.29 is 23.9 Å². The maximum absolute atomic E-state index is 13.5. The van der Waals surface area contributed by atoms with E-state index in [0.29, 0.717) is 38.9 Å². The van der Waals surface area contributed by atoms with E-state index in [0.717, 1.165) is 0 Å². The van der Waals surface area contributed by atoms with E-state index in [1.54, 1.807) is 66.7 Å². The van der Waals surface area contributed by atoms with Crippen LogP contribution in [0.4, 0.5) is 5.69 Å². The molecule has 3 aromatic carbocycles. The minimum atomic E-state index is -1.19. The van der Waals surface area contributed by atoms with Crippen LogP contribution in [0, 0.1) is 0 Å². The molecule has 1 amide bonds. The van der Waals surface area contributed by atoms with Crippen molar-refractivity contribution in [2.24, 2.45) is 0 Å². The van der Waals surface area contributed by atoms with Gasteiger partial charge in [-0.1, -0.05) is 35.9 Å².